The van der Waals surface area contributed by atoms with Crippen LogP contribution in [0, 0.1) is 5.82 Å². The van der Waals surface area contributed by atoms with Crippen molar-refractivity contribution in [2.75, 3.05) is 11.6 Å². The maximum atomic E-state index is 14.6. The third kappa shape index (κ3) is 6.64. The number of rotatable bonds is 9. The van der Waals surface area contributed by atoms with Crippen molar-refractivity contribution in [3.05, 3.63) is 114 Å². The van der Waals surface area contributed by atoms with Crippen molar-refractivity contribution in [1.82, 2.24) is 24.5 Å². The average molecular weight is 641 g/mol. The van der Waals surface area contributed by atoms with E-state index in [1.165, 1.54) is 6.07 Å². The number of benzene rings is 2. The molecule has 11 heteroatoms. The van der Waals surface area contributed by atoms with Crippen molar-refractivity contribution in [2.45, 2.75) is 47.8 Å². The minimum absolute atomic E-state index is 0.273. The van der Waals surface area contributed by atoms with E-state index in [1.54, 1.807) is 52.6 Å². The minimum Gasteiger partial charge on any atom is -0.512 e. The lowest BCUT2D eigenvalue weighted by atomic mass is 10.1. The van der Waals surface area contributed by atoms with Crippen molar-refractivity contribution in [3.63, 3.8) is 0 Å². The van der Waals surface area contributed by atoms with Gasteiger partial charge in [0.1, 0.15) is 17.3 Å². The van der Waals surface area contributed by atoms with Gasteiger partial charge < -0.3 is 10.4 Å². The molecule has 2 aromatic carbocycles. The van der Waals surface area contributed by atoms with Crippen molar-refractivity contribution >= 4 is 46.7 Å². The second kappa shape index (κ2) is 12.9. The second-order valence-electron chi connectivity index (χ2n) is 11.1. The van der Waals surface area contributed by atoms with E-state index < -0.39 is 0 Å². The molecule has 3 heterocycles. The van der Waals surface area contributed by atoms with Gasteiger partial charge in [0.15, 0.2) is 0 Å². The van der Waals surface area contributed by atoms with E-state index in [0.29, 0.717) is 42.2 Å². The average Bonchev–Trinajstić information content (AvgIpc) is 3.66. The monoisotopic (exact) mass is 640 g/mol. The van der Waals surface area contributed by atoms with Gasteiger partial charge in [0.2, 0.25) is 0 Å². The van der Waals surface area contributed by atoms with E-state index in [4.69, 9.17) is 5.10 Å². The highest BCUT2D eigenvalue weighted by Crippen LogP contribution is 2.36. The van der Waals surface area contributed by atoms with E-state index in [9.17, 15) is 14.3 Å². The summed E-state index contributed by atoms with van der Waals surface area (Å²) >= 11 is 3.22. The summed E-state index contributed by atoms with van der Waals surface area (Å²) in [5.74, 6) is 0.502. The maximum Gasteiger partial charge on any atom is 0.320 e. The lowest BCUT2D eigenvalue weighted by Gasteiger charge is -2.18. The fourth-order valence-corrected chi connectivity index (χ4v) is 6.26. The van der Waals surface area contributed by atoms with Gasteiger partial charge in [-0.3, -0.25) is 9.72 Å². The number of aromatic nitrogens is 4. The number of amides is 2. The number of allylic oxidation sites excluding steroid dienone is 4. The standard InChI is InChI=1S/C34H33FN6O2S2/c1-34(2,44-3)30-18-32(41(39-30)23-10-8-11-24(42)17-23)38-33(43)37-19-22-9-4-7-14-29(22)45-25-15-16-31-36-20-28(40(31)21-25)26-12-5-6-13-27(26)35/h4-7,9-10,12-18,20-21,42H,8,11,19H2,1-3H3,(H2,37,38,43). The topological polar surface area (TPSA) is 96.5 Å². The Morgan fingerprint density at radius 2 is 1.91 bits per heavy atom. The summed E-state index contributed by atoms with van der Waals surface area (Å²) in [6, 6.07) is 20.0. The van der Waals surface area contributed by atoms with Gasteiger partial charge in [-0.05, 0) is 62.4 Å². The van der Waals surface area contributed by atoms with Crippen LogP contribution in [-0.4, -0.2) is 36.6 Å². The molecule has 0 unspecified atom stereocenters. The lowest BCUT2D eigenvalue weighted by molar-refractivity contribution is 0.251. The van der Waals surface area contributed by atoms with Crippen LogP contribution >= 0.6 is 23.5 Å². The van der Waals surface area contributed by atoms with Crippen LogP contribution in [0.25, 0.3) is 22.6 Å². The summed E-state index contributed by atoms with van der Waals surface area (Å²) < 4.78 is 17.9. The molecule has 2 amide bonds. The number of nitrogens with zero attached hydrogens (tertiary/aromatic N) is 4. The molecule has 0 spiro atoms. The van der Waals surface area contributed by atoms with Gasteiger partial charge in [0, 0.05) is 46.7 Å². The van der Waals surface area contributed by atoms with Gasteiger partial charge in [-0.15, -0.1) is 0 Å². The number of carbonyl (C=O) groups is 1. The highest BCUT2D eigenvalue weighted by molar-refractivity contribution is 7.99. The number of hydrogen-bond acceptors (Lipinski definition) is 6. The van der Waals surface area contributed by atoms with Crippen LogP contribution in [0.1, 0.15) is 37.9 Å². The first-order valence-corrected chi connectivity index (χ1v) is 16.5. The maximum absolute atomic E-state index is 14.6. The summed E-state index contributed by atoms with van der Waals surface area (Å²) in [5.41, 5.74) is 4.36. The molecular weight excluding hydrogens is 608 g/mol. The van der Waals surface area contributed by atoms with Crippen LogP contribution in [0.3, 0.4) is 0 Å². The molecule has 0 fully saturated rings. The summed E-state index contributed by atoms with van der Waals surface area (Å²) in [5, 5.41) is 20.9. The summed E-state index contributed by atoms with van der Waals surface area (Å²) in [4.78, 5) is 19.6. The van der Waals surface area contributed by atoms with E-state index in [0.717, 1.165) is 26.7 Å². The van der Waals surface area contributed by atoms with Crippen LogP contribution in [0.15, 0.2) is 107 Å². The Kier molecular flexibility index (Phi) is 8.73. The molecule has 230 valence electrons. The normalized spacial score (nSPS) is 13.4. The molecule has 6 rings (SSSR count). The predicted molar refractivity (Wildman–Crippen MR) is 180 cm³/mol. The molecule has 1 aliphatic rings. The Morgan fingerprint density at radius 3 is 2.71 bits per heavy atom. The Morgan fingerprint density at radius 1 is 1.11 bits per heavy atom. The quantitative estimate of drug-likeness (QED) is 0.150. The summed E-state index contributed by atoms with van der Waals surface area (Å²) in [6.45, 7) is 4.46. The predicted octanol–water partition coefficient (Wildman–Crippen LogP) is 8.48. The number of imidazole rings is 1. The fraction of sp³-hybridized carbons (Fsp3) is 0.206. The molecule has 0 radical (unpaired) electrons. The Bertz CT molecular complexity index is 1940. The summed E-state index contributed by atoms with van der Waals surface area (Å²) in [7, 11) is 0. The molecule has 3 N–H and O–H groups in total. The Hall–Kier alpha value is -4.48. The van der Waals surface area contributed by atoms with Crippen molar-refractivity contribution in [1.29, 1.82) is 0 Å². The SMILES string of the molecule is CSC(C)(C)c1cc(NC(=O)NCc2ccccc2Sc2ccc3ncc(-c4ccccc4F)n3c2)n(C2=CCCC(O)=C2)n1. The zero-order chi connectivity index (χ0) is 31.6. The molecule has 0 bridgehead atoms. The highest BCUT2D eigenvalue weighted by Gasteiger charge is 2.26. The first-order valence-electron chi connectivity index (χ1n) is 14.5. The van der Waals surface area contributed by atoms with Crippen LogP contribution in [-0.2, 0) is 11.3 Å². The minimum atomic E-state index is -0.372. The Labute approximate surface area is 269 Å². The van der Waals surface area contributed by atoms with Gasteiger partial charge in [0.25, 0.3) is 0 Å². The van der Waals surface area contributed by atoms with Crippen LogP contribution < -0.4 is 10.6 Å². The largest absolute Gasteiger partial charge is 0.512 e. The van der Waals surface area contributed by atoms with Gasteiger partial charge in [-0.25, -0.2) is 18.9 Å². The number of fused-ring (bicyclic) bond motifs is 1. The van der Waals surface area contributed by atoms with Gasteiger partial charge >= 0.3 is 6.03 Å². The summed E-state index contributed by atoms with van der Waals surface area (Å²) in [6.07, 6.45) is 10.6. The number of nitrogens with one attached hydrogen (secondary N) is 2. The molecule has 0 aliphatic heterocycles. The van der Waals surface area contributed by atoms with E-state index in [-0.39, 0.29) is 22.4 Å². The van der Waals surface area contributed by atoms with Crippen LogP contribution in [0.5, 0.6) is 0 Å². The zero-order valence-corrected chi connectivity index (χ0v) is 26.8. The zero-order valence-electron chi connectivity index (χ0n) is 25.1. The highest BCUT2D eigenvalue weighted by atomic mass is 32.2. The second-order valence-corrected chi connectivity index (χ2v) is 13.6. The van der Waals surface area contributed by atoms with Gasteiger partial charge in [-0.2, -0.15) is 16.9 Å². The molecule has 0 atom stereocenters. The molecule has 3 aromatic heterocycles. The number of urea groups is 1. The molecule has 8 nitrogen and oxygen atoms in total. The third-order valence-corrected chi connectivity index (χ3v) is 9.98. The lowest BCUT2D eigenvalue weighted by Crippen LogP contribution is -2.29. The molecular formula is C34H33FN6O2S2. The third-order valence-electron chi connectivity index (χ3n) is 7.66. The van der Waals surface area contributed by atoms with E-state index >= 15 is 0 Å². The number of halogens is 1. The number of carbonyl (C=O) groups excluding carboxylic acids is 1. The number of aliphatic hydroxyl groups is 1. The molecule has 5 aromatic rings. The molecule has 1 aliphatic carbocycles. The first kappa shape index (κ1) is 30.5. The number of aliphatic hydroxyl groups excluding tert-OH is 1. The van der Waals surface area contributed by atoms with Crippen LogP contribution in [0.4, 0.5) is 15.0 Å². The van der Waals surface area contributed by atoms with Crippen molar-refractivity contribution in [2.24, 2.45) is 0 Å². The van der Waals surface area contributed by atoms with Crippen molar-refractivity contribution < 1.29 is 14.3 Å². The fourth-order valence-electron chi connectivity index (χ4n) is 4.99. The number of anilines is 1. The first-order chi connectivity index (χ1) is 21.7. The van der Waals surface area contributed by atoms with Crippen LogP contribution in [0.2, 0.25) is 0 Å². The number of thioether (sulfide) groups is 1. The van der Waals surface area contributed by atoms with Gasteiger partial charge in [0.05, 0.1) is 33.8 Å². The van der Waals surface area contributed by atoms with Crippen molar-refractivity contribution in [3.8, 4) is 11.3 Å². The smallest absolute Gasteiger partial charge is 0.320 e. The van der Waals surface area contributed by atoms with E-state index in [2.05, 4.69) is 29.5 Å². The molecule has 45 heavy (non-hydrogen) atoms. The molecule has 0 saturated carbocycles. The van der Waals surface area contributed by atoms with E-state index in [1.807, 2.05) is 71.5 Å². The van der Waals surface area contributed by atoms with Gasteiger partial charge in [-0.1, -0.05) is 48.2 Å². The Balaban J connectivity index is 1.19. The number of pyridine rings is 1. The molecule has 0 saturated heterocycles. The number of hydrogen-bond donors (Lipinski definition) is 3.